The summed E-state index contributed by atoms with van der Waals surface area (Å²) < 4.78 is 4.05. The number of hydrogen-bond donors (Lipinski definition) is 3. The Labute approximate surface area is 291 Å². The minimum Gasteiger partial charge on any atom is -0.389 e. The first kappa shape index (κ1) is 36.1. The van der Waals surface area contributed by atoms with Gasteiger partial charge in [-0.25, -0.2) is 19.9 Å². The van der Waals surface area contributed by atoms with Gasteiger partial charge in [0.05, 0.1) is 46.4 Å². The van der Waals surface area contributed by atoms with Crippen LogP contribution in [-0.4, -0.2) is 77.7 Å². The van der Waals surface area contributed by atoms with Crippen molar-refractivity contribution in [2.45, 2.75) is 78.7 Å². The van der Waals surface area contributed by atoms with Crippen LogP contribution in [0.5, 0.6) is 0 Å². The predicted octanol–water partition coefficient (Wildman–Crippen LogP) is 6.93. The molecule has 0 aliphatic rings. The third kappa shape index (κ3) is 7.52. The van der Waals surface area contributed by atoms with Gasteiger partial charge in [0, 0.05) is 42.9 Å². The molecule has 0 aliphatic carbocycles. The third-order valence-electron chi connectivity index (χ3n) is 8.17. The zero-order valence-corrected chi connectivity index (χ0v) is 30.3. The highest BCUT2D eigenvalue weighted by atomic mass is 16.3. The number of imidazole rings is 2. The number of para-hydroxylation sites is 2. The molecule has 0 unspecified atom stereocenters. The summed E-state index contributed by atoms with van der Waals surface area (Å²) in [6.45, 7) is 13.8. The molecule has 4 N–H and O–H groups in total. The molecule has 14 heteroatoms. The van der Waals surface area contributed by atoms with Gasteiger partial charge in [-0.05, 0) is 63.3 Å². The van der Waals surface area contributed by atoms with Crippen LogP contribution in [0, 0.1) is 0 Å². The van der Waals surface area contributed by atoms with Crippen LogP contribution in [0.4, 0.5) is 23.5 Å². The SMILES string of the molecule is CCCN(C)c1nc2c(N)nc3ccccc3c2n1CC(C)(C)O.CCCN(C)c1nc2c(N=[N+]=[N-])nc3ccccc3c2n1CC(C)(C)O. The summed E-state index contributed by atoms with van der Waals surface area (Å²) >= 11 is 0. The average molecular weight is 681 g/mol. The van der Waals surface area contributed by atoms with Gasteiger partial charge in [-0.15, -0.1) is 0 Å². The molecular formula is C36H48N12O2. The zero-order chi connectivity index (χ0) is 36.4. The molecule has 50 heavy (non-hydrogen) atoms. The number of nitrogen functional groups attached to an aromatic ring is 1. The van der Waals surface area contributed by atoms with Gasteiger partial charge < -0.3 is 34.9 Å². The van der Waals surface area contributed by atoms with E-state index in [1.807, 2.05) is 72.1 Å². The summed E-state index contributed by atoms with van der Waals surface area (Å²) in [5.74, 6) is 2.20. The molecule has 6 rings (SSSR count). The van der Waals surface area contributed by atoms with E-state index in [1.165, 1.54) is 0 Å². The Morgan fingerprint density at radius 1 is 0.740 bits per heavy atom. The molecule has 14 nitrogen and oxygen atoms in total. The fourth-order valence-corrected chi connectivity index (χ4v) is 6.29. The molecule has 0 aliphatic heterocycles. The Morgan fingerprint density at radius 3 is 1.64 bits per heavy atom. The van der Waals surface area contributed by atoms with Crippen molar-refractivity contribution >= 4 is 67.4 Å². The Balaban J connectivity index is 0.000000195. The van der Waals surface area contributed by atoms with Gasteiger partial charge >= 0.3 is 0 Å². The summed E-state index contributed by atoms with van der Waals surface area (Å²) in [5.41, 5.74) is 17.9. The largest absolute Gasteiger partial charge is 0.389 e. The summed E-state index contributed by atoms with van der Waals surface area (Å²) in [4.78, 5) is 25.5. The van der Waals surface area contributed by atoms with Crippen LogP contribution in [-0.2, 0) is 13.1 Å². The van der Waals surface area contributed by atoms with Crippen LogP contribution in [0.15, 0.2) is 53.6 Å². The Hall–Kier alpha value is -5.17. The first-order valence-electron chi connectivity index (χ1n) is 16.9. The number of rotatable bonds is 11. The molecule has 0 spiro atoms. The topological polar surface area (TPSA) is 183 Å². The van der Waals surface area contributed by atoms with Crippen molar-refractivity contribution in [3.63, 3.8) is 0 Å². The van der Waals surface area contributed by atoms with Gasteiger partial charge in [0.25, 0.3) is 0 Å². The highest BCUT2D eigenvalue weighted by Crippen LogP contribution is 2.36. The zero-order valence-electron chi connectivity index (χ0n) is 30.3. The average Bonchev–Trinajstić information content (AvgIpc) is 3.60. The van der Waals surface area contributed by atoms with Gasteiger partial charge in [0.2, 0.25) is 11.9 Å². The molecule has 0 atom stereocenters. The van der Waals surface area contributed by atoms with E-state index in [-0.39, 0.29) is 5.82 Å². The first-order valence-corrected chi connectivity index (χ1v) is 16.9. The standard InChI is InChI=1S/C18H23N7O.C18H25N5O/c1-5-10-24(4)17-21-14-15(25(17)11-18(2,3)26)12-8-6-7-9-13(12)20-16(14)22-23-19;1-5-10-22(4)17-21-14-15(23(17)11-18(2,3)24)12-8-6-7-9-13(12)20-16(14)19/h6-9,26H,5,10-11H2,1-4H3;6-9,24H,5,10-11H2,1-4H3,(H2,19,20). The monoisotopic (exact) mass is 680 g/mol. The van der Waals surface area contributed by atoms with Crippen molar-refractivity contribution < 1.29 is 10.2 Å². The lowest BCUT2D eigenvalue weighted by Gasteiger charge is -2.24. The number of nitrogens with two attached hydrogens (primary N) is 1. The lowest BCUT2D eigenvalue weighted by Crippen LogP contribution is -2.29. The van der Waals surface area contributed by atoms with E-state index in [0.717, 1.165) is 70.7 Å². The van der Waals surface area contributed by atoms with Crippen molar-refractivity contribution in [1.29, 1.82) is 0 Å². The number of azide groups is 1. The van der Waals surface area contributed by atoms with Crippen molar-refractivity contribution in [3.05, 3.63) is 59.0 Å². The van der Waals surface area contributed by atoms with E-state index in [1.54, 1.807) is 27.7 Å². The highest BCUT2D eigenvalue weighted by molar-refractivity contribution is 6.08. The van der Waals surface area contributed by atoms with E-state index in [2.05, 4.69) is 43.3 Å². The minimum atomic E-state index is -0.932. The summed E-state index contributed by atoms with van der Waals surface area (Å²) in [5, 5.41) is 26.5. The number of benzene rings is 2. The number of anilines is 3. The molecule has 264 valence electrons. The molecule has 4 aromatic heterocycles. The minimum absolute atomic E-state index is 0.252. The van der Waals surface area contributed by atoms with E-state index in [4.69, 9.17) is 21.2 Å². The number of pyridine rings is 2. The molecule has 0 bridgehead atoms. The normalized spacial score (nSPS) is 12.0. The van der Waals surface area contributed by atoms with Gasteiger partial charge in [-0.3, -0.25) is 0 Å². The van der Waals surface area contributed by atoms with E-state index < -0.39 is 11.2 Å². The summed E-state index contributed by atoms with van der Waals surface area (Å²) in [7, 11) is 3.98. The molecule has 0 fully saturated rings. The molecule has 0 amide bonds. The second kappa shape index (κ2) is 14.4. The fourth-order valence-electron chi connectivity index (χ4n) is 6.29. The van der Waals surface area contributed by atoms with Gasteiger partial charge in [-0.2, -0.15) is 0 Å². The van der Waals surface area contributed by atoms with Crippen molar-refractivity contribution in [2.75, 3.05) is 42.7 Å². The van der Waals surface area contributed by atoms with Gasteiger partial charge in [0.15, 0.2) is 11.6 Å². The summed E-state index contributed by atoms with van der Waals surface area (Å²) in [6, 6.07) is 15.6. The Kier molecular flexibility index (Phi) is 10.4. The maximum Gasteiger partial charge on any atom is 0.206 e. The Morgan fingerprint density at radius 2 is 1.18 bits per heavy atom. The van der Waals surface area contributed by atoms with Gasteiger partial charge in [-0.1, -0.05) is 50.2 Å². The number of fused-ring (bicyclic) bond motifs is 6. The number of hydrogen-bond acceptors (Lipinski definition) is 10. The van der Waals surface area contributed by atoms with Crippen LogP contribution < -0.4 is 15.5 Å². The molecule has 0 radical (unpaired) electrons. The van der Waals surface area contributed by atoms with Crippen LogP contribution in [0.2, 0.25) is 0 Å². The van der Waals surface area contributed by atoms with Crippen molar-refractivity contribution in [3.8, 4) is 0 Å². The van der Waals surface area contributed by atoms with Gasteiger partial charge in [0.1, 0.15) is 11.0 Å². The first-order chi connectivity index (χ1) is 23.7. The van der Waals surface area contributed by atoms with Crippen LogP contribution in [0.25, 0.3) is 54.3 Å². The molecule has 2 aromatic carbocycles. The van der Waals surface area contributed by atoms with Crippen molar-refractivity contribution in [2.24, 2.45) is 5.11 Å². The number of aliphatic hydroxyl groups is 2. The maximum atomic E-state index is 10.5. The molecule has 6 aromatic rings. The predicted molar refractivity (Wildman–Crippen MR) is 203 cm³/mol. The fraction of sp³-hybridized carbons (Fsp3) is 0.444. The van der Waals surface area contributed by atoms with Crippen molar-refractivity contribution in [1.82, 2.24) is 29.1 Å². The van der Waals surface area contributed by atoms with Crippen LogP contribution in [0.3, 0.4) is 0 Å². The molecule has 0 saturated carbocycles. The van der Waals surface area contributed by atoms with E-state index >= 15 is 0 Å². The molecule has 4 heterocycles. The van der Waals surface area contributed by atoms with E-state index in [9.17, 15) is 10.2 Å². The Bertz CT molecular complexity index is 2190. The highest BCUT2D eigenvalue weighted by Gasteiger charge is 2.25. The van der Waals surface area contributed by atoms with E-state index in [0.29, 0.717) is 29.9 Å². The number of aromatic nitrogens is 6. The third-order valence-corrected chi connectivity index (χ3v) is 8.17. The molecular weight excluding hydrogens is 632 g/mol. The van der Waals surface area contributed by atoms with Crippen LogP contribution >= 0.6 is 0 Å². The number of nitrogens with zero attached hydrogens (tertiary/aromatic N) is 11. The lowest BCUT2D eigenvalue weighted by molar-refractivity contribution is 0.0625. The second-order valence-corrected chi connectivity index (χ2v) is 14.0. The second-order valence-electron chi connectivity index (χ2n) is 14.0. The summed E-state index contributed by atoms with van der Waals surface area (Å²) in [6.07, 6.45) is 1.97. The smallest absolute Gasteiger partial charge is 0.206 e. The van der Waals surface area contributed by atoms with Crippen LogP contribution in [0.1, 0.15) is 54.4 Å². The molecule has 0 saturated heterocycles. The quantitative estimate of drug-likeness (QED) is 0.0742. The lowest BCUT2D eigenvalue weighted by atomic mass is 10.1. The maximum absolute atomic E-state index is 10.5.